The lowest BCUT2D eigenvalue weighted by Gasteiger charge is -2.39. The van der Waals surface area contributed by atoms with Crippen LogP contribution in [0, 0.1) is 23.6 Å². The first kappa shape index (κ1) is 24.6. The molecule has 2 atom stereocenters. The number of halogens is 5. The van der Waals surface area contributed by atoms with Crippen LogP contribution in [0.2, 0.25) is 5.02 Å². The normalized spacial score (nSPS) is 21.6. The Balaban J connectivity index is 1.34. The average molecular weight is 526 g/mol. The van der Waals surface area contributed by atoms with E-state index in [2.05, 4.69) is 20.0 Å². The van der Waals surface area contributed by atoms with Crippen LogP contribution in [0.25, 0.3) is 0 Å². The second kappa shape index (κ2) is 9.76. The Bertz CT molecular complexity index is 1220. The highest BCUT2D eigenvalue weighted by Crippen LogP contribution is 2.45. The van der Waals surface area contributed by atoms with Crippen LogP contribution in [0.3, 0.4) is 0 Å². The van der Waals surface area contributed by atoms with Crippen molar-refractivity contribution in [2.45, 2.75) is 32.0 Å². The lowest BCUT2D eigenvalue weighted by atomic mass is 9.82. The summed E-state index contributed by atoms with van der Waals surface area (Å²) >= 11 is 5.78. The van der Waals surface area contributed by atoms with Crippen LogP contribution in [0.1, 0.15) is 18.7 Å². The Morgan fingerprint density at radius 3 is 2.53 bits per heavy atom. The number of rotatable bonds is 7. The molecule has 2 aliphatic rings. The smallest absolute Gasteiger partial charge is 0.408 e. The van der Waals surface area contributed by atoms with Crippen molar-refractivity contribution in [3.63, 3.8) is 0 Å². The van der Waals surface area contributed by atoms with Crippen LogP contribution in [-0.4, -0.2) is 46.1 Å². The van der Waals surface area contributed by atoms with E-state index in [1.165, 1.54) is 12.1 Å². The van der Waals surface area contributed by atoms with Gasteiger partial charge in [-0.2, -0.15) is 23.3 Å². The Kier molecular flexibility index (Phi) is 6.67. The third kappa shape index (κ3) is 5.35. The van der Waals surface area contributed by atoms with E-state index >= 15 is 0 Å². The minimum absolute atomic E-state index is 0.0740. The molecule has 2 fully saturated rings. The summed E-state index contributed by atoms with van der Waals surface area (Å²) in [6, 6.07) is 7.09. The first-order chi connectivity index (χ1) is 17.2. The van der Waals surface area contributed by atoms with Crippen molar-refractivity contribution in [3.8, 4) is 17.6 Å². The third-order valence-corrected chi connectivity index (χ3v) is 7.14. The van der Waals surface area contributed by atoms with Crippen molar-refractivity contribution < 1.29 is 27.0 Å². The predicted molar refractivity (Wildman–Crippen MR) is 124 cm³/mol. The molecule has 0 amide bonds. The monoisotopic (exact) mass is 525 g/mol. The number of hydrogen-bond acceptors (Lipinski definition) is 6. The van der Waals surface area contributed by atoms with E-state index in [9.17, 15) is 17.6 Å². The Morgan fingerprint density at radius 1 is 1.11 bits per heavy atom. The third-order valence-electron chi connectivity index (χ3n) is 6.85. The second-order valence-electron chi connectivity index (χ2n) is 9.19. The SMILES string of the molecule is COc1cc(N2CC3CCC(C2)C3Cc2nc(Oc3ccc(F)c(Cl)c3)n(CC(F)(F)F)n2)ccn1. The molecule has 1 aromatic carbocycles. The number of nitrogens with zero attached hydrogens (tertiary/aromatic N) is 5. The molecule has 3 aromatic rings. The minimum atomic E-state index is -4.51. The van der Waals surface area contributed by atoms with E-state index in [1.54, 1.807) is 13.3 Å². The molecule has 7 nitrogen and oxygen atoms in total. The molecule has 0 spiro atoms. The molecule has 36 heavy (non-hydrogen) atoms. The lowest BCUT2D eigenvalue weighted by molar-refractivity contribution is -0.143. The summed E-state index contributed by atoms with van der Waals surface area (Å²) in [5, 5.41) is 3.93. The number of piperidine rings is 1. The topological polar surface area (TPSA) is 65.3 Å². The molecular formula is C24H24ClF4N5O2. The van der Waals surface area contributed by atoms with Crippen LogP contribution >= 0.6 is 11.6 Å². The van der Waals surface area contributed by atoms with Crippen molar-refractivity contribution in [3.05, 3.63) is 53.2 Å². The van der Waals surface area contributed by atoms with Gasteiger partial charge in [-0.15, -0.1) is 0 Å². The van der Waals surface area contributed by atoms with Gasteiger partial charge in [0.1, 0.15) is 18.1 Å². The van der Waals surface area contributed by atoms with Crippen LogP contribution < -0.4 is 14.4 Å². The van der Waals surface area contributed by atoms with Gasteiger partial charge in [0.15, 0.2) is 5.82 Å². The van der Waals surface area contributed by atoms with Crippen molar-refractivity contribution in [1.82, 2.24) is 19.7 Å². The minimum Gasteiger partial charge on any atom is -0.481 e. The van der Waals surface area contributed by atoms with E-state index in [1.807, 2.05) is 12.1 Å². The highest BCUT2D eigenvalue weighted by molar-refractivity contribution is 6.30. The second-order valence-corrected chi connectivity index (χ2v) is 9.60. The fraction of sp³-hybridized carbons (Fsp3) is 0.458. The molecule has 2 bridgehead atoms. The van der Waals surface area contributed by atoms with Crippen molar-refractivity contribution in [1.29, 1.82) is 0 Å². The van der Waals surface area contributed by atoms with Gasteiger partial charge in [-0.05, 0) is 48.8 Å². The number of hydrogen-bond donors (Lipinski definition) is 0. The summed E-state index contributed by atoms with van der Waals surface area (Å²) in [6.07, 6.45) is -0.271. The molecule has 2 aromatic heterocycles. The van der Waals surface area contributed by atoms with Gasteiger partial charge < -0.3 is 14.4 Å². The van der Waals surface area contributed by atoms with Gasteiger partial charge in [0.05, 0.1) is 12.1 Å². The Hall–Kier alpha value is -3.08. The molecule has 0 N–H and O–H groups in total. The highest BCUT2D eigenvalue weighted by atomic mass is 35.5. The molecule has 3 heterocycles. The predicted octanol–water partition coefficient (Wildman–Crippen LogP) is 5.53. The van der Waals surface area contributed by atoms with Gasteiger partial charge in [-0.1, -0.05) is 11.6 Å². The zero-order valence-electron chi connectivity index (χ0n) is 19.4. The number of ether oxygens (including phenoxy) is 2. The summed E-state index contributed by atoms with van der Waals surface area (Å²) in [5.74, 6) is 1.23. The van der Waals surface area contributed by atoms with Gasteiger partial charge >= 0.3 is 12.2 Å². The molecule has 5 rings (SSSR count). The van der Waals surface area contributed by atoms with E-state index in [0.29, 0.717) is 34.6 Å². The summed E-state index contributed by atoms with van der Waals surface area (Å²) in [6.45, 7) is 0.309. The number of pyridine rings is 1. The summed E-state index contributed by atoms with van der Waals surface area (Å²) in [5.41, 5.74) is 1.04. The zero-order valence-corrected chi connectivity index (χ0v) is 20.1. The first-order valence-electron chi connectivity index (χ1n) is 11.6. The molecule has 12 heteroatoms. The average Bonchev–Trinajstić information content (AvgIpc) is 3.29. The Morgan fingerprint density at radius 2 is 1.86 bits per heavy atom. The van der Waals surface area contributed by atoms with Crippen LogP contribution in [-0.2, 0) is 13.0 Å². The number of benzene rings is 1. The lowest BCUT2D eigenvalue weighted by Crippen LogP contribution is -2.42. The molecule has 1 aliphatic carbocycles. The maximum Gasteiger partial charge on any atom is 0.408 e. The maximum atomic E-state index is 13.5. The number of aromatic nitrogens is 4. The Labute approximate surface area is 210 Å². The quantitative estimate of drug-likeness (QED) is 0.378. The van der Waals surface area contributed by atoms with Crippen molar-refractivity contribution >= 4 is 17.3 Å². The summed E-state index contributed by atoms with van der Waals surface area (Å²) in [4.78, 5) is 10.8. The molecule has 1 saturated carbocycles. The largest absolute Gasteiger partial charge is 0.481 e. The van der Waals surface area contributed by atoms with Crippen molar-refractivity contribution in [2.75, 3.05) is 25.1 Å². The number of methoxy groups -OCH3 is 1. The summed E-state index contributed by atoms with van der Waals surface area (Å²) in [7, 11) is 1.58. The van der Waals surface area contributed by atoms with Gasteiger partial charge in [-0.3, -0.25) is 0 Å². The standard InChI is InChI=1S/C24H24ClF4N5O2/c1-35-22-8-16(6-7-30-22)33-11-14-2-3-15(12-33)18(14)10-21-31-23(34(32-21)13-24(27,28)29)36-17-4-5-20(26)19(25)9-17/h4-9,14-15,18H,2-3,10-13H2,1H3. The van der Waals surface area contributed by atoms with Gasteiger partial charge in [-0.25, -0.2) is 14.1 Å². The number of alkyl halides is 3. The van der Waals surface area contributed by atoms with Crippen LogP contribution in [0.4, 0.5) is 23.2 Å². The zero-order chi connectivity index (χ0) is 25.4. The molecule has 1 saturated heterocycles. The fourth-order valence-corrected chi connectivity index (χ4v) is 5.42. The van der Waals surface area contributed by atoms with Gasteiger partial charge in [0.2, 0.25) is 5.88 Å². The van der Waals surface area contributed by atoms with Crippen LogP contribution in [0.15, 0.2) is 36.5 Å². The summed E-state index contributed by atoms with van der Waals surface area (Å²) < 4.78 is 64.6. The molecule has 1 aliphatic heterocycles. The van der Waals surface area contributed by atoms with E-state index in [0.717, 1.165) is 37.7 Å². The first-order valence-corrected chi connectivity index (χ1v) is 11.9. The van der Waals surface area contributed by atoms with Gasteiger partial charge in [0, 0.05) is 43.5 Å². The van der Waals surface area contributed by atoms with E-state index < -0.39 is 18.5 Å². The number of fused-ring (bicyclic) bond motifs is 2. The number of anilines is 1. The molecule has 0 radical (unpaired) electrons. The molecule has 192 valence electrons. The van der Waals surface area contributed by atoms with Gasteiger partial charge in [0.25, 0.3) is 0 Å². The van der Waals surface area contributed by atoms with Crippen molar-refractivity contribution in [2.24, 2.45) is 17.8 Å². The fourth-order valence-electron chi connectivity index (χ4n) is 5.25. The van der Waals surface area contributed by atoms with E-state index in [4.69, 9.17) is 21.1 Å². The highest BCUT2D eigenvalue weighted by Gasteiger charge is 2.43. The molecular weight excluding hydrogens is 502 g/mol. The van der Waals surface area contributed by atoms with Crippen LogP contribution in [0.5, 0.6) is 17.6 Å². The maximum absolute atomic E-state index is 13.5. The van der Waals surface area contributed by atoms with E-state index in [-0.39, 0.29) is 22.7 Å². The molecule has 2 unspecified atom stereocenters.